The highest BCUT2D eigenvalue weighted by Crippen LogP contribution is 2.34. The van der Waals surface area contributed by atoms with Crippen LogP contribution >= 0.6 is 0 Å². The number of halogens is 1. The largest absolute Gasteiger partial charge is 0.384 e. The van der Waals surface area contributed by atoms with Gasteiger partial charge < -0.3 is 19.9 Å². The lowest BCUT2D eigenvalue weighted by Gasteiger charge is -2.33. The van der Waals surface area contributed by atoms with Gasteiger partial charge in [-0.25, -0.2) is 4.39 Å². The topological polar surface area (TPSA) is 60.5 Å². The SMILES string of the molecule is CCN1CCC(n2c(C)c(C(N)=O)c3ccc(CCOC)cc32)CC1.Fc1ccccc1. The van der Waals surface area contributed by atoms with Crippen molar-refractivity contribution in [2.45, 2.75) is 39.2 Å². The van der Waals surface area contributed by atoms with Gasteiger partial charge in [0, 0.05) is 42.8 Å². The first kappa shape index (κ1) is 24.0. The zero-order valence-corrected chi connectivity index (χ0v) is 19.3. The average molecular weight is 440 g/mol. The standard InChI is InChI=1S/C20H29N3O2.C6H5F/c1-4-22-10-7-16(8-11-22)23-14(2)19(20(21)24)17-6-5-15(9-12-25-3)13-18(17)23;7-6-4-2-1-3-5-6/h5-6,13,16H,4,7-12H2,1-3H3,(H2,21,24);1-5H. The average Bonchev–Trinajstić information content (AvgIpc) is 3.10. The van der Waals surface area contributed by atoms with Crippen LogP contribution in [0.4, 0.5) is 4.39 Å². The van der Waals surface area contributed by atoms with Gasteiger partial charge in [0.15, 0.2) is 0 Å². The van der Waals surface area contributed by atoms with E-state index in [1.165, 1.54) is 17.7 Å². The maximum absolute atomic E-state index is 12.1. The van der Waals surface area contributed by atoms with Gasteiger partial charge in [-0.05, 0) is 56.5 Å². The summed E-state index contributed by atoms with van der Waals surface area (Å²) >= 11 is 0. The van der Waals surface area contributed by atoms with Gasteiger partial charge in [-0.3, -0.25) is 4.79 Å². The fourth-order valence-electron chi connectivity index (χ4n) is 4.55. The Morgan fingerprint density at radius 3 is 2.38 bits per heavy atom. The second-order valence-corrected chi connectivity index (χ2v) is 8.25. The Hall–Kier alpha value is -2.70. The number of fused-ring (bicyclic) bond motifs is 1. The number of hydrogen-bond acceptors (Lipinski definition) is 3. The van der Waals surface area contributed by atoms with Gasteiger partial charge in [0.2, 0.25) is 0 Å². The molecule has 1 aliphatic heterocycles. The molecule has 172 valence electrons. The molecule has 1 amide bonds. The molecule has 0 saturated carbocycles. The second kappa shape index (κ2) is 11.2. The van der Waals surface area contributed by atoms with Crippen LogP contribution in [-0.4, -0.2) is 48.7 Å². The summed E-state index contributed by atoms with van der Waals surface area (Å²) in [5, 5.41) is 0.976. The summed E-state index contributed by atoms with van der Waals surface area (Å²) < 4.78 is 19.5. The Balaban J connectivity index is 0.000000352. The summed E-state index contributed by atoms with van der Waals surface area (Å²) in [6.45, 7) is 8.25. The van der Waals surface area contributed by atoms with Gasteiger partial charge in [0.1, 0.15) is 5.82 Å². The minimum absolute atomic E-state index is 0.178. The highest BCUT2D eigenvalue weighted by atomic mass is 19.1. The van der Waals surface area contributed by atoms with Gasteiger partial charge in [-0.15, -0.1) is 0 Å². The molecule has 6 heteroatoms. The number of ether oxygens (including phenoxy) is 1. The van der Waals surface area contributed by atoms with Crippen molar-refractivity contribution in [3.05, 3.63) is 71.2 Å². The lowest BCUT2D eigenvalue weighted by atomic mass is 10.0. The lowest BCUT2D eigenvalue weighted by molar-refractivity contribution is 0.100. The first-order valence-electron chi connectivity index (χ1n) is 11.3. The van der Waals surface area contributed by atoms with Gasteiger partial charge in [0.25, 0.3) is 5.91 Å². The van der Waals surface area contributed by atoms with Crippen molar-refractivity contribution in [1.29, 1.82) is 0 Å². The van der Waals surface area contributed by atoms with E-state index in [1.54, 1.807) is 25.3 Å². The van der Waals surface area contributed by atoms with Gasteiger partial charge in [0.05, 0.1) is 12.2 Å². The molecule has 0 unspecified atom stereocenters. The molecule has 3 aromatic rings. The van der Waals surface area contributed by atoms with Crippen LogP contribution in [-0.2, 0) is 11.2 Å². The first-order valence-corrected chi connectivity index (χ1v) is 11.3. The maximum atomic E-state index is 12.1. The highest BCUT2D eigenvalue weighted by molar-refractivity contribution is 6.07. The first-order chi connectivity index (χ1) is 15.5. The number of methoxy groups -OCH3 is 1. The fourth-order valence-corrected chi connectivity index (χ4v) is 4.55. The third-order valence-electron chi connectivity index (χ3n) is 6.26. The van der Waals surface area contributed by atoms with Crippen molar-refractivity contribution < 1.29 is 13.9 Å². The summed E-state index contributed by atoms with van der Waals surface area (Å²) in [7, 11) is 1.72. The molecule has 2 aromatic carbocycles. The van der Waals surface area contributed by atoms with E-state index in [4.69, 9.17) is 10.5 Å². The zero-order valence-electron chi connectivity index (χ0n) is 19.3. The highest BCUT2D eigenvalue weighted by Gasteiger charge is 2.26. The molecule has 0 atom stereocenters. The number of benzene rings is 2. The van der Waals surface area contributed by atoms with E-state index in [9.17, 15) is 9.18 Å². The number of nitrogens with zero attached hydrogens (tertiary/aromatic N) is 2. The van der Waals surface area contributed by atoms with E-state index in [-0.39, 0.29) is 11.7 Å². The number of piperidine rings is 1. The molecule has 5 nitrogen and oxygen atoms in total. The molecule has 0 spiro atoms. The van der Waals surface area contributed by atoms with Crippen molar-refractivity contribution in [1.82, 2.24) is 9.47 Å². The number of primary amides is 1. The molecule has 1 aliphatic rings. The van der Waals surface area contributed by atoms with Crippen LogP contribution in [0.25, 0.3) is 10.9 Å². The zero-order chi connectivity index (χ0) is 23.1. The van der Waals surface area contributed by atoms with Crippen molar-refractivity contribution in [2.24, 2.45) is 5.73 Å². The van der Waals surface area contributed by atoms with E-state index < -0.39 is 0 Å². The Morgan fingerprint density at radius 1 is 1.16 bits per heavy atom. The molecule has 4 rings (SSSR count). The van der Waals surface area contributed by atoms with E-state index in [2.05, 4.69) is 28.5 Å². The molecule has 2 N–H and O–H groups in total. The van der Waals surface area contributed by atoms with Crippen LogP contribution in [0.15, 0.2) is 48.5 Å². The molecule has 32 heavy (non-hydrogen) atoms. The van der Waals surface area contributed by atoms with Crippen LogP contribution in [0.1, 0.15) is 47.4 Å². The number of carbonyl (C=O) groups is 1. The number of likely N-dealkylation sites (tertiary alicyclic amines) is 1. The van der Waals surface area contributed by atoms with Crippen LogP contribution in [0.5, 0.6) is 0 Å². The Morgan fingerprint density at radius 2 is 1.84 bits per heavy atom. The van der Waals surface area contributed by atoms with Crippen LogP contribution < -0.4 is 5.73 Å². The second-order valence-electron chi connectivity index (χ2n) is 8.25. The molecule has 0 radical (unpaired) electrons. The molecule has 0 bridgehead atoms. The normalized spacial score (nSPS) is 14.9. The summed E-state index contributed by atoms with van der Waals surface area (Å²) in [4.78, 5) is 14.6. The third-order valence-corrected chi connectivity index (χ3v) is 6.26. The smallest absolute Gasteiger partial charge is 0.251 e. The molecule has 2 heterocycles. The van der Waals surface area contributed by atoms with Gasteiger partial charge >= 0.3 is 0 Å². The fraction of sp³-hybridized carbons (Fsp3) is 0.423. The quantitative estimate of drug-likeness (QED) is 0.605. The molecule has 0 aliphatic carbocycles. The number of aromatic nitrogens is 1. The van der Waals surface area contributed by atoms with Crippen LogP contribution in [0.3, 0.4) is 0 Å². The number of rotatable bonds is 6. The summed E-state index contributed by atoms with van der Waals surface area (Å²) in [6, 6.07) is 14.7. The third kappa shape index (κ3) is 5.56. The Labute approximate surface area is 190 Å². The van der Waals surface area contributed by atoms with E-state index in [0.29, 0.717) is 18.2 Å². The minimum Gasteiger partial charge on any atom is -0.384 e. The molecule has 1 fully saturated rings. The monoisotopic (exact) mass is 439 g/mol. The van der Waals surface area contributed by atoms with Crippen LogP contribution in [0, 0.1) is 12.7 Å². The van der Waals surface area contributed by atoms with E-state index >= 15 is 0 Å². The molecular weight excluding hydrogens is 405 g/mol. The predicted octanol–water partition coefficient (Wildman–Crippen LogP) is 4.72. The van der Waals surface area contributed by atoms with Crippen molar-refractivity contribution in [3.63, 3.8) is 0 Å². The summed E-state index contributed by atoms with van der Waals surface area (Å²) in [5.74, 6) is -0.514. The van der Waals surface area contributed by atoms with Crippen molar-refractivity contribution in [3.8, 4) is 0 Å². The molecule has 1 aromatic heterocycles. The number of hydrogen-bond donors (Lipinski definition) is 1. The summed E-state index contributed by atoms with van der Waals surface area (Å²) in [5.41, 5.74) is 9.74. The molecule has 1 saturated heterocycles. The number of amides is 1. The van der Waals surface area contributed by atoms with Crippen molar-refractivity contribution >= 4 is 16.8 Å². The Kier molecular flexibility index (Phi) is 8.42. The minimum atomic E-state index is -0.336. The number of nitrogens with two attached hydrogens (primary N) is 1. The lowest BCUT2D eigenvalue weighted by Crippen LogP contribution is -2.34. The van der Waals surface area contributed by atoms with Gasteiger partial charge in [-0.1, -0.05) is 37.3 Å². The van der Waals surface area contributed by atoms with Crippen LogP contribution in [0.2, 0.25) is 0 Å². The summed E-state index contributed by atoms with van der Waals surface area (Å²) in [6.07, 6.45) is 3.09. The number of carbonyl (C=O) groups excluding carboxylic acids is 1. The van der Waals surface area contributed by atoms with Crippen molar-refractivity contribution in [2.75, 3.05) is 33.4 Å². The Bertz CT molecular complexity index is 1020. The predicted molar refractivity (Wildman–Crippen MR) is 128 cm³/mol. The maximum Gasteiger partial charge on any atom is 0.251 e. The van der Waals surface area contributed by atoms with E-state index in [1.807, 2.05) is 13.0 Å². The van der Waals surface area contributed by atoms with E-state index in [0.717, 1.165) is 55.5 Å². The molecular formula is C26H34FN3O2. The van der Waals surface area contributed by atoms with Gasteiger partial charge in [-0.2, -0.15) is 0 Å².